The number of nitrogens with zero attached hydrogens (tertiary/aromatic N) is 1. The molecule has 0 aliphatic heterocycles. The van der Waals surface area contributed by atoms with E-state index in [-0.39, 0.29) is 19.8 Å². The topological polar surface area (TPSA) is 77.1 Å². The van der Waals surface area contributed by atoms with Gasteiger partial charge in [0.25, 0.3) is 7.82 Å². The van der Waals surface area contributed by atoms with Crippen LogP contribution in [0.15, 0.2) is 24.7 Å². The first kappa shape index (κ1) is 51.1. The molecule has 0 rings (SSSR count). The van der Waals surface area contributed by atoms with Gasteiger partial charge in [-0.15, -0.1) is 0 Å². The molecule has 0 aromatic heterocycles. The van der Waals surface area contributed by atoms with Gasteiger partial charge in [-0.1, -0.05) is 181 Å². The van der Waals surface area contributed by atoms with Crippen LogP contribution in [-0.2, 0) is 23.1 Å². The Kier molecular flexibility index (Phi) is 37.8. The zero-order chi connectivity index (χ0) is 38.3. The second-order valence-corrected chi connectivity index (χ2v) is 17.6. The van der Waals surface area contributed by atoms with Crippen molar-refractivity contribution in [1.29, 1.82) is 0 Å². The van der Waals surface area contributed by atoms with Crippen molar-refractivity contribution in [3.63, 3.8) is 0 Å². The fourth-order valence-corrected chi connectivity index (χ4v) is 6.94. The highest BCUT2D eigenvalue weighted by Crippen LogP contribution is 2.38. The molecule has 8 heteroatoms. The van der Waals surface area contributed by atoms with E-state index >= 15 is 0 Å². The van der Waals surface area contributed by atoms with Crippen LogP contribution in [0.5, 0.6) is 0 Å². The predicted molar refractivity (Wildman–Crippen MR) is 221 cm³/mol. The maximum absolute atomic E-state index is 12.3. The fourth-order valence-electron chi connectivity index (χ4n) is 6.21. The first-order valence-corrected chi connectivity index (χ1v) is 23.6. The first-order chi connectivity index (χ1) is 25.2. The van der Waals surface area contributed by atoms with Crippen molar-refractivity contribution in [3.8, 4) is 0 Å². The standard InChI is InChI=1S/C44H88NO6P/c1-6-8-10-12-14-16-18-20-22-24-26-28-30-32-34-36-39-48-42-44(43-51-52(46,47)50-41-38-45(3,4)5)49-40-37-35-33-31-29-27-25-23-21-19-17-15-13-11-9-7-2/h36-37,39-40,44H,6-35,38,41-43H2,1-5H3. The van der Waals surface area contributed by atoms with Gasteiger partial charge in [0.1, 0.15) is 19.8 Å². The molecule has 0 aliphatic rings. The summed E-state index contributed by atoms with van der Waals surface area (Å²) in [6.07, 6.45) is 46.7. The summed E-state index contributed by atoms with van der Waals surface area (Å²) >= 11 is 0. The summed E-state index contributed by atoms with van der Waals surface area (Å²) in [5.74, 6) is 0. The second kappa shape index (κ2) is 38.4. The van der Waals surface area contributed by atoms with Gasteiger partial charge < -0.3 is 27.9 Å². The molecule has 0 N–H and O–H groups in total. The molecule has 0 aliphatic carbocycles. The van der Waals surface area contributed by atoms with Crippen molar-refractivity contribution in [2.24, 2.45) is 0 Å². The summed E-state index contributed by atoms with van der Waals surface area (Å²) in [7, 11) is 1.53. The number of phosphoric acid groups is 1. The van der Waals surface area contributed by atoms with Crippen molar-refractivity contribution in [2.45, 2.75) is 213 Å². The van der Waals surface area contributed by atoms with Crippen LogP contribution in [-0.4, -0.2) is 58.1 Å². The van der Waals surface area contributed by atoms with E-state index in [1.807, 2.05) is 27.2 Å². The summed E-state index contributed by atoms with van der Waals surface area (Å²) in [6, 6.07) is 0. The van der Waals surface area contributed by atoms with E-state index in [2.05, 4.69) is 19.9 Å². The minimum atomic E-state index is -4.43. The average molecular weight is 758 g/mol. The zero-order valence-corrected chi connectivity index (χ0v) is 36.2. The molecular weight excluding hydrogens is 669 g/mol. The van der Waals surface area contributed by atoms with Gasteiger partial charge in [-0.2, -0.15) is 0 Å². The van der Waals surface area contributed by atoms with E-state index in [9.17, 15) is 9.46 Å². The van der Waals surface area contributed by atoms with Crippen molar-refractivity contribution >= 4 is 7.82 Å². The van der Waals surface area contributed by atoms with E-state index in [1.54, 1.807) is 12.5 Å². The Balaban J connectivity index is 4.18. The molecule has 310 valence electrons. The van der Waals surface area contributed by atoms with Crippen LogP contribution >= 0.6 is 7.82 Å². The van der Waals surface area contributed by atoms with Crippen LogP contribution in [0.4, 0.5) is 0 Å². The lowest BCUT2D eigenvalue weighted by Crippen LogP contribution is -2.37. The van der Waals surface area contributed by atoms with E-state index in [1.165, 1.54) is 167 Å². The Labute approximate surface area is 324 Å². The molecule has 2 atom stereocenters. The molecule has 0 aromatic carbocycles. The minimum Gasteiger partial charge on any atom is -0.756 e. The molecule has 0 heterocycles. The van der Waals surface area contributed by atoms with Crippen LogP contribution in [0.1, 0.15) is 206 Å². The highest BCUT2D eigenvalue weighted by atomic mass is 31.2. The van der Waals surface area contributed by atoms with Crippen molar-refractivity contribution in [2.75, 3.05) is 47.5 Å². The van der Waals surface area contributed by atoms with Gasteiger partial charge in [0.15, 0.2) is 6.10 Å². The number of rotatable bonds is 42. The summed E-state index contributed by atoms with van der Waals surface area (Å²) in [5, 5.41) is 0. The van der Waals surface area contributed by atoms with Crippen molar-refractivity contribution < 1.29 is 32.5 Å². The molecule has 7 nitrogen and oxygen atoms in total. The number of likely N-dealkylation sites (N-methyl/N-ethyl adjacent to an activating group) is 1. The number of phosphoric ester groups is 1. The number of unbranched alkanes of at least 4 members (excludes halogenated alkanes) is 28. The smallest absolute Gasteiger partial charge is 0.268 e. The zero-order valence-electron chi connectivity index (χ0n) is 35.3. The lowest BCUT2D eigenvalue weighted by molar-refractivity contribution is -0.870. The van der Waals surface area contributed by atoms with Crippen molar-refractivity contribution in [1.82, 2.24) is 0 Å². The van der Waals surface area contributed by atoms with Gasteiger partial charge in [0.2, 0.25) is 0 Å². The Morgan fingerprint density at radius 2 is 0.885 bits per heavy atom. The summed E-state index contributed by atoms with van der Waals surface area (Å²) < 4.78 is 34.8. The Morgan fingerprint density at radius 1 is 0.519 bits per heavy atom. The summed E-state index contributed by atoms with van der Waals surface area (Å²) in [6.45, 7) is 5.25. The normalized spacial score (nSPS) is 14.0. The molecule has 0 radical (unpaired) electrons. The van der Waals surface area contributed by atoms with E-state index in [0.29, 0.717) is 11.0 Å². The van der Waals surface area contributed by atoms with Crippen LogP contribution in [0.25, 0.3) is 0 Å². The summed E-state index contributed by atoms with van der Waals surface area (Å²) in [5.41, 5.74) is 0. The Bertz CT molecular complexity index is 830. The molecule has 0 spiro atoms. The molecule has 2 unspecified atom stereocenters. The van der Waals surface area contributed by atoms with E-state index in [4.69, 9.17) is 18.5 Å². The minimum absolute atomic E-state index is 0.0768. The number of hydrogen-bond acceptors (Lipinski definition) is 6. The van der Waals surface area contributed by atoms with Gasteiger partial charge in [0.05, 0.1) is 40.3 Å². The lowest BCUT2D eigenvalue weighted by atomic mass is 10.0. The van der Waals surface area contributed by atoms with Gasteiger partial charge in [-0.05, 0) is 37.8 Å². The molecule has 0 bridgehead atoms. The number of hydrogen-bond donors (Lipinski definition) is 0. The fraction of sp³-hybridized carbons (Fsp3) is 0.909. The Morgan fingerprint density at radius 3 is 1.27 bits per heavy atom. The SMILES string of the molecule is CCCCCCCCCCCCCCCCC=COCC(COP(=O)([O-])OCC[N+](C)(C)C)OC=CCCCCCCCCCCCCCCCC. The van der Waals surface area contributed by atoms with Gasteiger partial charge in [-0.25, -0.2) is 0 Å². The lowest BCUT2D eigenvalue weighted by Gasteiger charge is -2.28. The maximum atomic E-state index is 12.3. The average Bonchev–Trinajstić information content (AvgIpc) is 3.10. The monoisotopic (exact) mass is 758 g/mol. The largest absolute Gasteiger partial charge is 0.756 e. The molecule has 52 heavy (non-hydrogen) atoms. The molecular formula is C44H88NO6P. The quantitative estimate of drug-likeness (QED) is 0.0267. The third kappa shape index (κ3) is 41.9. The maximum Gasteiger partial charge on any atom is 0.268 e. The molecule has 0 amide bonds. The number of allylic oxidation sites excluding steroid dienone is 2. The predicted octanol–water partition coefficient (Wildman–Crippen LogP) is 13.4. The third-order valence-corrected chi connectivity index (χ3v) is 10.7. The first-order valence-electron chi connectivity index (χ1n) is 22.2. The van der Waals surface area contributed by atoms with Crippen LogP contribution in [0.2, 0.25) is 0 Å². The van der Waals surface area contributed by atoms with Gasteiger partial charge >= 0.3 is 0 Å². The number of ether oxygens (including phenoxy) is 2. The molecule has 0 fully saturated rings. The number of quaternary nitrogens is 1. The third-order valence-electron chi connectivity index (χ3n) is 9.72. The summed E-state index contributed by atoms with van der Waals surface area (Å²) in [4.78, 5) is 12.3. The van der Waals surface area contributed by atoms with Crippen molar-refractivity contribution in [3.05, 3.63) is 24.7 Å². The molecule has 0 aromatic rings. The Hall–Kier alpha value is -0.850. The van der Waals surface area contributed by atoms with Crippen LogP contribution in [0.3, 0.4) is 0 Å². The second-order valence-electron chi connectivity index (χ2n) is 16.2. The van der Waals surface area contributed by atoms with Crippen LogP contribution < -0.4 is 4.89 Å². The molecule has 0 saturated carbocycles. The van der Waals surface area contributed by atoms with Gasteiger partial charge in [-0.3, -0.25) is 4.57 Å². The highest BCUT2D eigenvalue weighted by molar-refractivity contribution is 7.45. The highest BCUT2D eigenvalue weighted by Gasteiger charge is 2.17. The molecule has 0 saturated heterocycles. The van der Waals surface area contributed by atoms with E-state index in [0.717, 1.165) is 25.7 Å². The van der Waals surface area contributed by atoms with Crippen LogP contribution in [0, 0.1) is 0 Å². The van der Waals surface area contributed by atoms with Gasteiger partial charge in [0, 0.05) is 0 Å². The van der Waals surface area contributed by atoms with E-state index < -0.39 is 13.9 Å².